The van der Waals surface area contributed by atoms with E-state index in [0.29, 0.717) is 62.2 Å². The second-order valence-electron chi connectivity index (χ2n) is 10.5. The van der Waals surface area contributed by atoms with E-state index in [2.05, 4.69) is 35.8 Å². The molecule has 200 valence electrons. The average molecular weight is 540 g/mol. The molecule has 1 aromatic heterocycles. The Morgan fingerprint density at radius 1 is 0.972 bits per heavy atom. The Kier molecular flexibility index (Phi) is 9.54. The molecule has 2 saturated heterocycles. The predicted octanol–water partition coefficient (Wildman–Crippen LogP) is 3.24. The first-order chi connectivity index (χ1) is 16.6. The molecule has 2 aliphatic rings. The van der Waals surface area contributed by atoms with Gasteiger partial charge in [0.05, 0.1) is 11.4 Å². The van der Waals surface area contributed by atoms with Crippen LogP contribution < -0.4 is 0 Å². The van der Waals surface area contributed by atoms with Crippen molar-refractivity contribution in [2.75, 3.05) is 39.3 Å². The number of carbonyl (C=O) groups excluding carboxylic acids is 1. The Morgan fingerprint density at radius 3 is 2.22 bits per heavy atom. The molecule has 3 heterocycles. The molecule has 36 heavy (non-hydrogen) atoms. The Labute approximate surface area is 220 Å². The third-order valence-corrected chi connectivity index (χ3v) is 8.74. The van der Waals surface area contributed by atoms with Gasteiger partial charge in [0, 0.05) is 52.1 Å². The Morgan fingerprint density at radius 2 is 1.61 bits per heavy atom. The van der Waals surface area contributed by atoms with Gasteiger partial charge in [-0.25, -0.2) is 8.42 Å². The molecule has 11 heteroatoms. The Hall–Kier alpha value is -2.01. The second-order valence-corrected chi connectivity index (χ2v) is 12.4. The van der Waals surface area contributed by atoms with Crippen LogP contribution in [0, 0.1) is 0 Å². The fourth-order valence-electron chi connectivity index (χ4n) is 4.58. The van der Waals surface area contributed by atoms with Crippen LogP contribution in [0.2, 0.25) is 0 Å². The molecular formula is C25H38ClN5O4S. The first kappa shape index (κ1) is 28.6. The van der Waals surface area contributed by atoms with Crippen LogP contribution in [0.25, 0.3) is 0 Å². The van der Waals surface area contributed by atoms with Crippen molar-refractivity contribution >= 4 is 28.3 Å². The summed E-state index contributed by atoms with van der Waals surface area (Å²) in [6.07, 6.45) is 4.18. The van der Waals surface area contributed by atoms with Gasteiger partial charge in [-0.1, -0.05) is 38.1 Å². The van der Waals surface area contributed by atoms with Gasteiger partial charge in [0.1, 0.15) is 0 Å². The van der Waals surface area contributed by atoms with E-state index in [0.717, 1.165) is 31.5 Å². The van der Waals surface area contributed by atoms with Gasteiger partial charge in [0.15, 0.2) is 5.82 Å². The summed E-state index contributed by atoms with van der Waals surface area (Å²) < 4.78 is 33.1. The van der Waals surface area contributed by atoms with Crippen molar-refractivity contribution in [2.24, 2.45) is 0 Å². The molecule has 0 N–H and O–H groups in total. The summed E-state index contributed by atoms with van der Waals surface area (Å²) in [5.74, 6) is 1.19. The third-order valence-electron chi connectivity index (χ3n) is 6.83. The fourth-order valence-corrected chi connectivity index (χ4v) is 6.00. The van der Waals surface area contributed by atoms with Crippen LogP contribution in [0.1, 0.15) is 63.7 Å². The maximum absolute atomic E-state index is 13.1. The van der Waals surface area contributed by atoms with Crippen molar-refractivity contribution in [1.82, 2.24) is 24.2 Å². The van der Waals surface area contributed by atoms with Crippen LogP contribution in [0.3, 0.4) is 0 Å². The number of aryl methyl sites for hydroxylation is 1. The molecule has 2 fully saturated rings. The van der Waals surface area contributed by atoms with Gasteiger partial charge in [0.25, 0.3) is 0 Å². The molecule has 9 nitrogen and oxygen atoms in total. The summed E-state index contributed by atoms with van der Waals surface area (Å²) in [6.45, 7) is 10.5. The average Bonchev–Trinajstić information content (AvgIpc) is 3.30. The van der Waals surface area contributed by atoms with E-state index in [1.54, 1.807) is 16.4 Å². The van der Waals surface area contributed by atoms with Crippen LogP contribution >= 0.6 is 12.4 Å². The molecule has 4 rings (SSSR count). The van der Waals surface area contributed by atoms with Crippen molar-refractivity contribution in [3.05, 3.63) is 41.5 Å². The van der Waals surface area contributed by atoms with E-state index in [1.165, 1.54) is 6.42 Å². The van der Waals surface area contributed by atoms with Gasteiger partial charge in [0.2, 0.25) is 21.8 Å². The first-order valence-corrected chi connectivity index (χ1v) is 14.0. The molecule has 0 saturated carbocycles. The Bertz CT molecular complexity index is 1100. The summed E-state index contributed by atoms with van der Waals surface area (Å²) in [6, 6.07) is 7.21. The van der Waals surface area contributed by atoms with Crippen molar-refractivity contribution < 1.29 is 17.7 Å². The van der Waals surface area contributed by atoms with E-state index in [9.17, 15) is 13.2 Å². The molecule has 2 aromatic rings. The highest BCUT2D eigenvalue weighted by molar-refractivity contribution is 7.89. The number of piperazine rings is 1. The second kappa shape index (κ2) is 12.0. The van der Waals surface area contributed by atoms with Gasteiger partial charge in [-0.2, -0.15) is 9.29 Å². The minimum atomic E-state index is -3.52. The molecule has 1 amide bonds. The number of hydrogen-bond acceptors (Lipinski definition) is 7. The van der Waals surface area contributed by atoms with Crippen molar-refractivity contribution in [3.63, 3.8) is 0 Å². The van der Waals surface area contributed by atoms with Crippen LogP contribution in [0.15, 0.2) is 33.7 Å². The van der Waals surface area contributed by atoms with Crippen molar-refractivity contribution in [1.29, 1.82) is 0 Å². The van der Waals surface area contributed by atoms with Gasteiger partial charge in [-0.05, 0) is 42.4 Å². The van der Waals surface area contributed by atoms with Crippen LogP contribution in [-0.4, -0.2) is 77.8 Å². The number of halogens is 1. The zero-order valence-electron chi connectivity index (χ0n) is 21.5. The Balaban J connectivity index is 0.00000361. The van der Waals surface area contributed by atoms with Gasteiger partial charge in [-0.3, -0.25) is 9.69 Å². The number of aromatic nitrogens is 2. The maximum atomic E-state index is 13.1. The molecule has 1 aromatic carbocycles. The minimum Gasteiger partial charge on any atom is -0.343 e. The van der Waals surface area contributed by atoms with E-state index in [1.807, 2.05) is 17.0 Å². The number of rotatable bonds is 7. The largest absolute Gasteiger partial charge is 0.343 e. The molecular weight excluding hydrogens is 502 g/mol. The van der Waals surface area contributed by atoms with Gasteiger partial charge in [-0.15, -0.1) is 12.4 Å². The van der Waals surface area contributed by atoms with E-state index in [-0.39, 0.29) is 23.7 Å². The topological polar surface area (TPSA) is 99.8 Å². The van der Waals surface area contributed by atoms with E-state index >= 15 is 0 Å². The van der Waals surface area contributed by atoms with Gasteiger partial charge >= 0.3 is 0 Å². The number of likely N-dealkylation sites (tertiary alicyclic amines) is 1. The highest BCUT2D eigenvalue weighted by Gasteiger charge is 2.29. The normalized spacial score (nSPS) is 18.1. The molecule has 2 aliphatic heterocycles. The zero-order valence-corrected chi connectivity index (χ0v) is 23.1. The van der Waals surface area contributed by atoms with Gasteiger partial charge < -0.3 is 9.42 Å². The van der Waals surface area contributed by atoms with Crippen LogP contribution in [0.5, 0.6) is 0 Å². The first-order valence-electron chi connectivity index (χ1n) is 12.6. The highest BCUT2D eigenvalue weighted by atomic mass is 35.5. The summed E-state index contributed by atoms with van der Waals surface area (Å²) in [5, 5.41) is 4.06. The lowest BCUT2D eigenvalue weighted by Gasteiger charge is -2.33. The lowest BCUT2D eigenvalue weighted by atomic mass is 9.87. The zero-order chi connectivity index (χ0) is 25.1. The highest BCUT2D eigenvalue weighted by Crippen LogP contribution is 2.25. The monoisotopic (exact) mass is 539 g/mol. The molecule has 0 unspecified atom stereocenters. The standard InChI is InChI=1S/C25H37N5O4S.ClH/c1-25(2,3)20-7-9-21(10-8-20)35(32,33)30-17-15-28(16-18-30)19-22-26-23(34-27-22)11-12-24(31)29-13-5-4-6-14-29;/h7-10H,4-6,11-19H2,1-3H3;1H. The number of sulfonamides is 1. The lowest BCUT2D eigenvalue weighted by molar-refractivity contribution is -0.132. The number of benzene rings is 1. The minimum absolute atomic E-state index is 0. The predicted molar refractivity (Wildman–Crippen MR) is 139 cm³/mol. The molecule has 0 atom stereocenters. The quantitative estimate of drug-likeness (QED) is 0.532. The maximum Gasteiger partial charge on any atom is 0.243 e. The molecule has 0 spiro atoms. The number of amides is 1. The number of hydrogen-bond donors (Lipinski definition) is 0. The van der Waals surface area contributed by atoms with Crippen LogP contribution in [-0.2, 0) is 33.2 Å². The number of nitrogens with zero attached hydrogens (tertiary/aromatic N) is 5. The molecule has 0 aliphatic carbocycles. The summed E-state index contributed by atoms with van der Waals surface area (Å²) in [7, 11) is -3.52. The SMILES string of the molecule is CC(C)(C)c1ccc(S(=O)(=O)N2CCN(Cc3noc(CCC(=O)N4CCCCC4)n3)CC2)cc1.Cl. The number of carbonyl (C=O) groups is 1. The molecule has 0 bridgehead atoms. The smallest absolute Gasteiger partial charge is 0.243 e. The summed E-state index contributed by atoms with van der Waals surface area (Å²) in [5.41, 5.74) is 1.09. The fraction of sp³-hybridized carbons (Fsp3) is 0.640. The summed E-state index contributed by atoms with van der Waals surface area (Å²) in [4.78, 5) is 21.2. The molecule has 0 radical (unpaired) electrons. The number of piperidine rings is 1. The van der Waals surface area contributed by atoms with Crippen molar-refractivity contribution in [2.45, 2.75) is 69.7 Å². The third kappa shape index (κ3) is 7.06. The van der Waals surface area contributed by atoms with E-state index in [4.69, 9.17) is 4.52 Å². The van der Waals surface area contributed by atoms with E-state index < -0.39 is 10.0 Å². The lowest BCUT2D eigenvalue weighted by Crippen LogP contribution is -2.48. The van der Waals surface area contributed by atoms with Crippen LogP contribution in [0.4, 0.5) is 0 Å². The van der Waals surface area contributed by atoms with Crippen molar-refractivity contribution in [3.8, 4) is 0 Å². The summed E-state index contributed by atoms with van der Waals surface area (Å²) >= 11 is 0.